The summed E-state index contributed by atoms with van der Waals surface area (Å²) in [6.45, 7) is 0. The number of benzene rings is 1. The van der Waals surface area contributed by atoms with E-state index in [9.17, 15) is 13.8 Å². The molecule has 3 aliphatic rings. The number of hydrogen-bond donors (Lipinski definition) is 2. The molecule has 1 aliphatic heterocycles. The van der Waals surface area contributed by atoms with Crippen molar-refractivity contribution in [1.82, 2.24) is 9.71 Å². The Bertz CT molecular complexity index is 1100. The van der Waals surface area contributed by atoms with Crippen LogP contribution in [0.4, 0.5) is 10.5 Å². The van der Waals surface area contributed by atoms with E-state index in [4.69, 9.17) is 4.98 Å². The zero-order valence-corrected chi connectivity index (χ0v) is 15.4. The van der Waals surface area contributed by atoms with E-state index in [1.165, 1.54) is 0 Å². The molecule has 2 aromatic rings. The highest BCUT2D eigenvalue weighted by molar-refractivity contribution is 7.93. The lowest BCUT2D eigenvalue weighted by molar-refractivity contribution is 0.101. The number of aryl methyl sites for hydroxylation is 2. The van der Waals surface area contributed by atoms with E-state index in [2.05, 4.69) is 14.4 Å². The molecule has 1 aromatic heterocycles. The van der Waals surface area contributed by atoms with Gasteiger partial charge in [0.15, 0.2) is 9.92 Å². The summed E-state index contributed by atoms with van der Waals surface area (Å²) in [6.07, 6.45) is 5.66. The lowest BCUT2D eigenvalue weighted by Crippen LogP contribution is -2.34. The van der Waals surface area contributed by atoms with Crippen molar-refractivity contribution in [2.24, 2.45) is 4.36 Å². The molecule has 0 saturated heterocycles. The van der Waals surface area contributed by atoms with Crippen molar-refractivity contribution in [2.45, 2.75) is 43.4 Å². The van der Waals surface area contributed by atoms with Gasteiger partial charge < -0.3 is 5.32 Å². The highest BCUT2D eigenvalue weighted by atomic mass is 32.2. The van der Waals surface area contributed by atoms with Crippen LogP contribution in [-0.4, -0.2) is 21.1 Å². The zero-order valence-electron chi connectivity index (χ0n) is 14.6. The molecule has 2 N–H and O–H groups in total. The van der Waals surface area contributed by atoms with Crippen molar-refractivity contribution < 1.29 is 13.8 Å². The number of aromatic nitrogens is 1. The smallest absolute Gasteiger partial charge is 0.307 e. The van der Waals surface area contributed by atoms with Crippen molar-refractivity contribution >= 4 is 27.5 Å². The van der Waals surface area contributed by atoms with Crippen molar-refractivity contribution in [3.05, 3.63) is 52.3 Å². The molecule has 1 unspecified atom stereocenters. The number of anilines is 1. The average Bonchev–Trinajstić information content (AvgIpc) is 3.34. The first kappa shape index (κ1) is 16.4. The first-order valence-electron chi connectivity index (χ1n) is 9.08. The molecule has 0 radical (unpaired) electrons. The normalized spacial score (nSPS) is 22.0. The van der Waals surface area contributed by atoms with Crippen LogP contribution in [0.25, 0.3) is 0 Å². The maximum absolute atomic E-state index is 13.1. The van der Waals surface area contributed by atoms with Crippen molar-refractivity contribution in [3.63, 3.8) is 0 Å². The second-order valence-corrected chi connectivity index (χ2v) is 8.90. The third-order valence-corrected chi connectivity index (χ3v) is 7.18. The maximum Gasteiger partial charge on any atom is 0.331 e. The van der Waals surface area contributed by atoms with Gasteiger partial charge in [0.1, 0.15) is 0 Å². The minimum atomic E-state index is -3.31. The fraction of sp³-hybridized carbons (Fsp3) is 0.316. The molecule has 0 bridgehead atoms. The minimum absolute atomic E-state index is 0.260. The molecule has 7 nitrogen and oxygen atoms in total. The number of nitrogens with zero attached hydrogens (tertiary/aromatic N) is 2. The molecule has 1 atom stereocenters. The van der Waals surface area contributed by atoms with Crippen LogP contribution in [0.2, 0.25) is 0 Å². The average molecular weight is 382 g/mol. The van der Waals surface area contributed by atoms with E-state index >= 15 is 0 Å². The van der Waals surface area contributed by atoms with Crippen LogP contribution in [0.1, 0.15) is 45.7 Å². The van der Waals surface area contributed by atoms with Crippen molar-refractivity contribution in [2.75, 3.05) is 5.32 Å². The van der Waals surface area contributed by atoms with E-state index in [1.54, 1.807) is 24.3 Å². The standard InChI is InChI=1S/C19H18N4O3S/c24-18-13-5-1-2-10-16(13)27(26,22-18)23-19(25)21-17-11-6-3-8-14(11)20-15-9-4-7-12(15)17/h1-2,5,10H,3-4,6-9H2,(H2,20,21,22,23,24,25,26). The number of hydrogen-bond acceptors (Lipinski definition) is 4. The third kappa shape index (κ3) is 2.55. The molecule has 3 amide bonds. The van der Waals surface area contributed by atoms with E-state index in [0.29, 0.717) is 0 Å². The second-order valence-electron chi connectivity index (χ2n) is 7.02. The van der Waals surface area contributed by atoms with E-state index in [-0.39, 0.29) is 10.5 Å². The van der Waals surface area contributed by atoms with Crippen LogP contribution in [-0.2, 0) is 35.6 Å². The predicted octanol–water partition coefficient (Wildman–Crippen LogP) is 2.78. The summed E-state index contributed by atoms with van der Waals surface area (Å²) in [4.78, 5) is 29.7. The summed E-state index contributed by atoms with van der Waals surface area (Å²) in [7, 11) is -3.31. The first-order valence-corrected chi connectivity index (χ1v) is 10.6. The van der Waals surface area contributed by atoms with Crippen LogP contribution in [0, 0.1) is 0 Å². The van der Waals surface area contributed by atoms with Gasteiger partial charge in [0.25, 0.3) is 5.91 Å². The summed E-state index contributed by atoms with van der Waals surface area (Å²) < 4.78 is 19.3. The largest absolute Gasteiger partial charge is 0.331 e. The number of fused-ring (bicyclic) bond motifs is 3. The molecular weight excluding hydrogens is 364 g/mol. The van der Waals surface area contributed by atoms with Gasteiger partial charge in [-0.25, -0.2) is 13.7 Å². The van der Waals surface area contributed by atoms with Crippen LogP contribution in [0.15, 0.2) is 33.5 Å². The summed E-state index contributed by atoms with van der Waals surface area (Å²) in [5, 5.41) is 2.90. The van der Waals surface area contributed by atoms with E-state index in [0.717, 1.165) is 66.7 Å². The number of amides is 3. The third-order valence-electron chi connectivity index (χ3n) is 5.35. The fourth-order valence-electron chi connectivity index (χ4n) is 4.18. The lowest BCUT2D eigenvalue weighted by Gasteiger charge is -2.16. The Balaban J connectivity index is 1.48. The highest BCUT2D eigenvalue weighted by Crippen LogP contribution is 2.36. The molecule has 138 valence electrons. The predicted molar refractivity (Wildman–Crippen MR) is 100 cm³/mol. The summed E-state index contributed by atoms with van der Waals surface area (Å²) in [6, 6.07) is 5.88. The Morgan fingerprint density at radius 1 is 1.00 bits per heavy atom. The molecule has 0 saturated carbocycles. The highest BCUT2D eigenvalue weighted by Gasteiger charge is 2.31. The van der Waals surface area contributed by atoms with Gasteiger partial charge >= 0.3 is 6.03 Å². The topological polar surface area (TPSA) is 101 Å². The molecule has 2 heterocycles. The fourth-order valence-corrected chi connectivity index (χ4v) is 5.78. The van der Waals surface area contributed by atoms with Gasteiger partial charge in [-0.05, 0) is 61.8 Å². The van der Waals surface area contributed by atoms with Gasteiger partial charge in [0, 0.05) is 11.4 Å². The number of urea groups is 1. The number of rotatable bonds is 2. The molecule has 1 aromatic carbocycles. The van der Waals surface area contributed by atoms with Crippen molar-refractivity contribution in [1.29, 1.82) is 0 Å². The van der Waals surface area contributed by atoms with Crippen molar-refractivity contribution in [3.8, 4) is 0 Å². The molecule has 2 aliphatic carbocycles. The quantitative estimate of drug-likeness (QED) is 0.834. The van der Waals surface area contributed by atoms with Crippen LogP contribution in [0.3, 0.4) is 0 Å². The maximum atomic E-state index is 13.1. The Kier molecular flexibility index (Phi) is 3.58. The molecule has 27 heavy (non-hydrogen) atoms. The van der Waals surface area contributed by atoms with Gasteiger partial charge in [-0.3, -0.25) is 9.78 Å². The van der Waals surface area contributed by atoms with Gasteiger partial charge in [0.2, 0.25) is 0 Å². The Morgan fingerprint density at radius 3 is 2.37 bits per heavy atom. The molecule has 8 heteroatoms. The number of nitrogens with one attached hydrogen (secondary N) is 2. The van der Waals surface area contributed by atoms with E-state index < -0.39 is 21.9 Å². The SMILES string of the molecule is O=C(Nc1c2c(nc3c1CCC3)CCC2)NS1(=O)=NC(=O)c2ccccc21. The molecule has 5 rings (SSSR count). The van der Waals surface area contributed by atoms with Gasteiger partial charge in [-0.15, -0.1) is 4.36 Å². The Labute approximate surface area is 156 Å². The van der Waals surface area contributed by atoms with Crippen LogP contribution < -0.4 is 10.0 Å². The van der Waals surface area contributed by atoms with Gasteiger partial charge in [-0.2, -0.15) is 0 Å². The van der Waals surface area contributed by atoms with Gasteiger partial charge in [-0.1, -0.05) is 12.1 Å². The second kappa shape index (κ2) is 5.88. The number of carbonyl (C=O) groups is 2. The first-order chi connectivity index (χ1) is 13.0. The zero-order chi connectivity index (χ0) is 18.6. The summed E-state index contributed by atoms with van der Waals surface area (Å²) >= 11 is 0. The lowest BCUT2D eigenvalue weighted by atomic mass is 10.1. The van der Waals surface area contributed by atoms with Crippen LogP contribution >= 0.6 is 0 Å². The molecular formula is C19H18N4O3S. The van der Waals surface area contributed by atoms with Crippen LogP contribution in [0.5, 0.6) is 0 Å². The Hall–Kier alpha value is -2.74. The number of carbonyl (C=O) groups excluding carboxylic acids is 2. The Morgan fingerprint density at radius 2 is 1.67 bits per heavy atom. The van der Waals surface area contributed by atoms with Gasteiger partial charge in [0.05, 0.1) is 16.1 Å². The monoisotopic (exact) mass is 382 g/mol. The summed E-state index contributed by atoms with van der Waals surface area (Å²) in [5.41, 5.74) is 5.36. The van der Waals surface area contributed by atoms with E-state index in [1.807, 2.05) is 0 Å². The summed E-state index contributed by atoms with van der Waals surface area (Å²) in [5.74, 6) is -0.568. The molecule has 0 spiro atoms. The molecule has 0 fully saturated rings. The number of pyridine rings is 1. The minimum Gasteiger partial charge on any atom is -0.307 e.